The summed E-state index contributed by atoms with van der Waals surface area (Å²) >= 11 is 3.60. The van der Waals surface area contributed by atoms with Gasteiger partial charge < -0.3 is 14.3 Å². The van der Waals surface area contributed by atoms with Crippen LogP contribution in [0.1, 0.15) is 18.4 Å². The Bertz CT molecular complexity index is 506. The van der Waals surface area contributed by atoms with Crippen LogP contribution in [0.2, 0.25) is 0 Å². The van der Waals surface area contributed by atoms with Gasteiger partial charge >= 0.3 is 0 Å². The fourth-order valence-electron chi connectivity index (χ4n) is 2.81. The van der Waals surface area contributed by atoms with Gasteiger partial charge in [0.2, 0.25) is 0 Å². The molecule has 0 amide bonds. The van der Waals surface area contributed by atoms with Gasteiger partial charge in [0.25, 0.3) is 0 Å². The van der Waals surface area contributed by atoms with Gasteiger partial charge in [0.15, 0.2) is 11.5 Å². The van der Waals surface area contributed by atoms with E-state index in [1.54, 1.807) is 0 Å². The van der Waals surface area contributed by atoms with Crippen LogP contribution in [0.15, 0.2) is 16.6 Å². The molecule has 0 aliphatic carbocycles. The quantitative estimate of drug-likeness (QED) is 0.793. The van der Waals surface area contributed by atoms with Crippen molar-refractivity contribution in [3.05, 3.63) is 22.2 Å². The highest BCUT2D eigenvalue weighted by atomic mass is 79.9. The van der Waals surface area contributed by atoms with Crippen LogP contribution in [0.4, 0.5) is 0 Å². The normalized spacial score (nSPS) is 22.6. The number of fused-ring (bicyclic) bond motifs is 1. The van der Waals surface area contributed by atoms with Crippen LogP contribution in [0.5, 0.6) is 11.5 Å². The molecule has 3 rings (SSSR count). The van der Waals surface area contributed by atoms with Gasteiger partial charge in [0, 0.05) is 23.5 Å². The second kappa shape index (κ2) is 6.14. The van der Waals surface area contributed by atoms with E-state index < -0.39 is 0 Å². The number of ether oxygens (including phenoxy) is 2. The first kappa shape index (κ1) is 13.9. The molecule has 0 saturated carbocycles. The number of hydrogen-bond acceptors (Lipinski definition) is 4. The topological polar surface area (TPSA) is 38.8 Å². The third-order valence-electron chi connectivity index (χ3n) is 3.84. The average molecular weight is 340 g/mol. The Hall–Kier alpha value is -1.07. The molecule has 1 fully saturated rings. The lowest BCUT2D eigenvalue weighted by molar-refractivity contribution is -0.112. The van der Waals surface area contributed by atoms with E-state index in [0.29, 0.717) is 13.2 Å². The molecule has 0 bridgehead atoms. The largest absolute Gasteiger partial charge is 0.486 e. The van der Waals surface area contributed by atoms with Crippen molar-refractivity contribution in [3.8, 4) is 11.5 Å². The van der Waals surface area contributed by atoms with Crippen LogP contribution >= 0.6 is 15.9 Å². The lowest BCUT2D eigenvalue weighted by atomic mass is 9.99. The third kappa shape index (κ3) is 2.99. The van der Waals surface area contributed by atoms with E-state index in [9.17, 15) is 4.79 Å². The highest BCUT2D eigenvalue weighted by Gasteiger charge is 2.21. The smallest absolute Gasteiger partial charge is 0.162 e. The minimum atomic E-state index is 0.180. The number of rotatable bonds is 3. The number of hydrogen-bond donors (Lipinski definition) is 0. The Morgan fingerprint density at radius 3 is 2.80 bits per heavy atom. The highest BCUT2D eigenvalue weighted by Crippen LogP contribution is 2.36. The molecule has 2 aliphatic rings. The molecule has 1 aromatic rings. The van der Waals surface area contributed by atoms with Gasteiger partial charge in [-0.1, -0.05) is 15.9 Å². The van der Waals surface area contributed by atoms with Crippen LogP contribution in [0, 0.1) is 5.92 Å². The molecule has 20 heavy (non-hydrogen) atoms. The van der Waals surface area contributed by atoms with Crippen LogP contribution < -0.4 is 9.47 Å². The Balaban J connectivity index is 1.75. The molecule has 0 radical (unpaired) electrons. The van der Waals surface area contributed by atoms with E-state index in [-0.39, 0.29) is 5.92 Å². The molecule has 5 heteroatoms. The average Bonchev–Trinajstić information content (AvgIpc) is 2.48. The Kier molecular flexibility index (Phi) is 4.27. The van der Waals surface area contributed by atoms with Gasteiger partial charge in [-0.2, -0.15) is 0 Å². The van der Waals surface area contributed by atoms with Crippen LogP contribution in [0.25, 0.3) is 0 Å². The molecule has 108 valence electrons. The van der Waals surface area contributed by atoms with Crippen LogP contribution in [-0.4, -0.2) is 37.5 Å². The predicted molar refractivity (Wildman–Crippen MR) is 79.2 cm³/mol. The Morgan fingerprint density at radius 2 is 2.05 bits per heavy atom. The van der Waals surface area contributed by atoms with E-state index in [4.69, 9.17) is 9.47 Å². The Labute approximate surface area is 127 Å². The fourth-order valence-corrected chi connectivity index (χ4v) is 3.26. The molecule has 1 aromatic carbocycles. The zero-order valence-corrected chi connectivity index (χ0v) is 12.9. The summed E-state index contributed by atoms with van der Waals surface area (Å²) in [4.78, 5) is 13.3. The first-order valence-electron chi connectivity index (χ1n) is 7.02. The minimum Gasteiger partial charge on any atom is -0.486 e. The van der Waals surface area contributed by atoms with Crippen molar-refractivity contribution in [2.75, 3.05) is 26.3 Å². The molecule has 4 nitrogen and oxygen atoms in total. The van der Waals surface area contributed by atoms with Crippen LogP contribution in [0.3, 0.4) is 0 Å². The van der Waals surface area contributed by atoms with Gasteiger partial charge in [-0.15, -0.1) is 0 Å². The van der Waals surface area contributed by atoms with E-state index in [1.807, 2.05) is 12.1 Å². The minimum absolute atomic E-state index is 0.180. The summed E-state index contributed by atoms with van der Waals surface area (Å²) in [7, 11) is 0. The number of benzene rings is 1. The van der Waals surface area contributed by atoms with E-state index >= 15 is 0 Å². The van der Waals surface area contributed by atoms with Gasteiger partial charge in [0.05, 0.1) is 0 Å². The molecule has 2 aliphatic heterocycles. The van der Waals surface area contributed by atoms with Gasteiger partial charge in [-0.05, 0) is 37.1 Å². The maximum absolute atomic E-state index is 10.9. The summed E-state index contributed by atoms with van der Waals surface area (Å²) in [5.74, 6) is 1.80. The standard InChI is InChI=1S/C15H18BrNO3/c16-13-7-15-14(19-4-5-20-15)6-12(13)9-17-3-1-2-11(8-17)10-18/h6-7,10-11H,1-5,8-9H2. The maximum atomic E-state index is 10.9. The van der Waals surface area contributed by atoms with E-state index in [0.717, 1.165) is 54.7 Å². The summed E-state index contributed by atoms with van der Waals surface area (Å²) < 4.78 is 12.2. The zero-order chi connectivity index (χ0) is 13.9. The van der Waals surface area contributed by atoms with E-state index in [2.05, 4.69) is 20.8 Å². The summed E-state index contributed by atoms with van der Waals surface area (Å²) in [6.07, 6.45) is 3.19. The fraction of sp³-hybridized carbons (Fsp3) is 0.533. The molecule has 0 N–H and O–H groups in total. The second-order valence-corrected chi connectivity index (χ2v) is 6.22. The molecule has 0 spiro atoms. The summed E-state index contributed by atoms with van der Waals surface area (Å²) in [6, 6.07) is 4.02. The molecule has 1 atom stereocenters. The number of carbonyl (C=O) groups excluding carboxylic acids is 1. The molecule has 1 saturated heterocycles. The van der Waals surface area contributed by atoms with Gasteiger partial charge in [0.1, 0.15) is 19.5 Å². The summed E-state index contributed by atoms with van der Waals surface area (Å²) in [6.45, 7) is 3.94. The molecular weight excluding hydrogens is 322 g/mol. The number of aldehydes is 1. The number of carbonyl (C=O) groups is 1. The molecule has 0 aromatic heterocycles. The SMILES string of the molecule is O=CC1CCCN(Cc2cc3c(cc2Br)OCCO3)C1. The maximum Gasteiger partial charge on any atom is 0.162 e. The number of nitrogens with zero attached hydrogens (tertiary/aromatic N) is 1. The Morgan fingerprint density at radius 1 is 1.30 bits per heavy atom. The zero-order valence-electron chi connectivity index (χ0n) is 11.3. The number of likely N-dealkylation sites (tertiary alicyclic amines) is 1. The monoisotopic (exact) mass is 339 g/mol. The van der Waals surface area contributed by atoms with E-state index in [1.165, 1.54) is 5.56 Å². The second-order valence-electron chi connectivity index (χ2n) is 5.36. The number of halogens is 1. The predicted octanol–water partition coefficient (Wildman–Crippen LogP) is 2.63. The summed E-state index contributed by atoms with van der Waals surface area (Å²) in [5.41, 5.74) is 1.18. The highest BCUT2D eigenvalue weighted by molar-refractivity contribution is 9.10. The third-order valence-corrected chi connectivity index (χ3v) is 4.58. The van der Waals surface area contributed by atoms with Crippen molar-refractivity contribution in [1.82, 2.24) is 4.90 Å². The lowest BCUT2D eigenvalue weighted by Gasteiger charge is -2.30. The van der Waals surface area contributed by atoms with Crippen molar-refractivity contribution < 1.29 is 14.3 Å². The molecular formula is C15H18BrNO3. The number of piperidine rings is 1. The molecule has 1 unspecified atom stereocenters. The lowest BCUT2D eigenvalue weighted by Crippen LogP contribution is -2.35. The van der Waals surface area contributed by atoms with Crippen molar-refractivity contribution in [2.24, 2.45) is 5.92 Å². The first-order chi connectivity index (χ1) is 9.76. The van der Waals surface area contributed by atoms with Gasteiger partial charge in [-0.25, -0.2) is 0 Å². The van der Waals surface area contributed by atoms with Crippen molar-refractivity contribution in [3.63, 3.8) is 0 Å². The van der Waals surface area contributed by atoms with Crippen molar-refractivity contribution >= 4 is 22.2 Å². The van der Waals surface area contributed by atoms with Crippen molar-refractivity contribution in [2.45, 2.75) is 19.4 Å². The van der Waals surface area contributed by atoms with Crippen LogP contribution in [-0.2, 0) is 11.3 Å². The first-order valence-corrected chi connectivity index (χ1v) is 7.81. The van der Waals surface area contributed by atoms with Crippen molar-refractivity contribution in [1.29, 1.82) is 0 Å². The molecule has 2 heterocycles. The van der Waals surface area contributed by atoms with Gasteiger partial charge in [-0.3, -0.25) is 4.90 Å². The summed E-state index contributed by atoms with van der Waals surface area (Å²) in [5, 5.41) is 0.